The van der Waals surface area contributed by atoms with Crippen LogP contribution in [0.2, 0.25) is 0 Å². The van der Waals surface area contributed by atoms with Crippen molar-refractivity contribution in [3.05, 3.63) is 69.7 Å². The van der Waals surface area contributed by atoms with Gasteiger partial charge in [-0.05, 0) is 31.9 Å². The third-order valence-electron chi connectivity index (χ3n) is 6.15. The van der Waals surface area contributed by atoms with Crippen molar-refractivity contribution in [2.45, 2.75) is 25.8 Å². The van der Waals surface area contributed by atoms with Crippen LogP contribution < -0.4 is 11.2 Å². The van der Waals surface area contributed by atoms with E-state index in [4.69, 9.17) is 4.98 Å². The van der Waals surface area contributed by atoms with Crippen LogP contribution in [0.5, 0.6) is 0 Å². The maximum absolute atomic E-state index is 13.0. The standard InChI is InChI=1S/C23H23N7O3/c1-13(12-31)29-7-5-16(6-8-29)30-21-17(22(32)28-23(30)33)11-26-19-4-3-18(27-20(19)21)15-9-24-14(2)25-10-15/h3-4,9-11,16,31H,1,5-8,12H2,2H3,(H,28,32,33). The van der Waals surface area contributed by atoms with E-state index >= 15 is 0 Å². The molecule has 0 saturated carbocycles. The fraction of sp³-hybridized carbons (Fsp3) is 0.304. The summed E-state index contributed by atoms with van der Waals surface area (Å²) in [6.07, 6.45) is 6.20. The molecule has 4 aromatic heterocycles. The van der Waals surface area contributed by atoms with Crippen LogP contribution >= 0.6 is 0 Å². The van der Waals surface area contributed by atoms with Crippen LogP contribution in [0.4, 0.5) is 0 Å². The van der Waals surface area contributed by atoms with E-state index in [2.05, 4.69) is 26.5 Å². The van der Waals surface area contributed by atoms with E-state index < -0.39 is 11.2 Å². The highest BCUT2D eigenvalue weighted by atomic mass is 16.3. The average molecular weight is 445 g/mol. The summed E-state index contributed by atoms with van der Waals surface area (Å²) >= 11 is 0. The highest BCUT2D eigenvalue weighted by Crippen LogP contribution is 2.29. The molecule has 10 nitrogen and oxygen atoms in total. The van der Waals surface area contributed by atoms with Gasteiger partial charge in [-0.2, -0.15) is 0 Å². The number of rotatable bonds is 4. The number of H-pyrrole nitrogens is 1. The molecule has 0 aromatic carbocycles. The van der Waals surface area contributed by atoms with Gasteiger partial charge in [-0.15, -0.1) is 0 Å². The molecule has 1 aliphatic rings. The minimum atomic E-state index is -0.488. The third-order valence-corrected chi connectivity index (χ3v) is 6.15. The molecular weight excluding hydrogens is 422 g/mol. The van der Waals surface area contributed by atoms with Gasteiger partial charge in [-0.25, -0.2) is 19.7 Å². The zero-order valence-electron chi connectivity index (χ0n) is 18.2. The summed E-state index contributed by atoms with van der Waals surface area (Å²) in [5.74, 6) is 0.655. The van der Waals surface area contributed by atoms with Crippen LogP contribution in [0, 0.1) is 6.92 Å². The minimum Gasteiger partial charge on any atom is -0.390 e. The highest BCUT2D eigenvalue weighted by Gasteiger charge is 2.25. The summed E-state index contributed by atoms with van der Waals surface area (Å²) < 4.78 is 1.64. The molecule has 1 aliphatic heterocycles. The molecule has 2 N–H and O–H groups in total. The number of fused-ring (bicyclic) bond motifs is 3. The number of nitrogens with zero attached hydrogens (tertiary/aromatic N) is 6. The molecule has 10 heteroatoms. The van der Waals surface area contributed by atoms with E-state index in [1.165, 1.54) is 6.20 Å². The van der Waals surface area contributed by atoms with Crippen LogP contribution in [-0.4, -0.2) is 59.2 Å². The molecule has 1 saturated heterocycles. The summed E-state index contributed by atoms with van der Waals surface area (Å²) in [5, 5.41) is 9.69. The van der Waals surface area contributed by atoms with Crippen molar-refractivity contribution in [1.82, 2.24) is 34.4 Å². The Morgan fingerprint density at radius 1 is 1.15 bits per heavy atom. The first-order valence-electron chi connectivity index (χ1n) is 10.7. The summed E-state index contributed by atoms with van der Waals surface area (Å²) in [7, 11) is 0. The van der Waals surface area contributed by atoms with E-state index in [1.54, 1.807) is 23.9 Å². The molecule has 5 rings (SSSR count). The zero-order valence-corrected chi connectivity index (χ0v) is 18.2. The molecule has 0 atom stereocenters. The lowest BCUT2D eigenvalue weighted by Crippen LogP contribution is -2.40. The zero-order chi connectivity index (χ0) is 23.1. The number of aromatic amines is 1. The fourth-order valence-electron chi connectivity index (χ4n) is 4.36. The van der Waals surface area contributed by atoms with Crippen LogP contribution in [0.1, 0.15) is 24.7 Å². The van der Waals surface area contributed by atoms with E-state index in [-0.39, 0.29) is 12.6 Å². The van der Waals surface area contributed by atoms with Gasteiger partial charge >= 0.3 is 5.69 Å². The molecule has 168 valence electrons. The van der Waals surface area contributed by atoms with E-state index in [0.717, 1.165) is 5.56 Å². The largest absolute Gasteiger partial charge is 0.390 e. The Hall–Kier alpha value is -3.92. The summed E-state index contributed by atoms with van der Waals surface area (Å²) in [6.45, 7) is 6.90. The number of aliphatic hydroxyl groups excluding tert-OH is 1. The number of hydrogen-bond acceptors (Lipinski definition) is 8. The van der Waals surface area contributed by atoms with Crippen molar-refractivity contribution in [1.29, 1.82) is 0 Å². The predicted molar refractivity (Wildman–Crippen MR) is 124 cm³/mol. The van der Waals surface area contributed by atoms with Gasteiger partial charge < -0.3 is 10.0 Å². The molecule has 0 radical (unpaired) electrons. The van der Waals surface area contributed by atoms with E-state index in [9.17, 15) is 14.7 Å². The molecule has 33 heavy (non-hydrogen) atoms. The van der Waals surface area contributed by atoms with Gasteiger partial charge in [0.25, 0.3) is 5.56 Å². The summed E-state index contributed by atoms with van der Waals surface area (Å²) in [6, 6.07) is 3.50. The second kappa shape index (κ2) is 8.21. The quantitative estimate of drug-likeness (QED) is 0.453. The first-order chi connectivity index (χ1) is 16.0. The second-order valence-corrected chi connectivity index (χ2v) is 8.18. The van der Waals surface area contributed by atoms with Crippen molar-refractivity contribution in [2.24, 2.45) is 0 Å². The van der Waals surface area contributed by atoms with Gasteiger partial charge in [0.1, 0.15) is 11.3 Å². The highest BCUT2D eigenvalue weighted by molar-refractivity contribution is 6.01. The van der Waals surface area contributed by atoms with Crippen LogP contribution in [0.15, 0.2) is 52.6 Å². The topological polar surface area (TPSA) is 130 Å². The Kier molecular flexibility index (Phi) is 5.21. The SMILES string of the molecule is C=C(CO)N1CCC(n2c(=O)[nH]c(=O)c3cnc4ccc(-c5cnc(C)nc5)nc4c32)CC1. The van der Waals surface area contributed by atoms with Gasteiger partial charge in [0.2, 0.25) is 0 Å². The van der Waals surface area contributed by atoms with Gasteiger partial charge in [0, 0.05) is 49.0 Å². The molecule has 4 aromatic rings. The second-order valence-electron chi connectivity index (χ2n) is 8.18. The van der Waals surface area contributed by atoms with E-state index in [1.807, 2.05) is 17.0 Å². The van der Waals surface area contributed by atoms with Crippen molar-refractivity contribution >= 4 is 21.9 Å². The van der Waals surface area contributed by atoms with Gasteiger partial charge in [-0.3, -0.25) is 19.3 Å². The van der Waals surface area contributed by atoms with Crippen molar-refractivity contribution in [3.63, 3.8) is 0 Å². The Morgan fingerprint density at radius 2 is 1.88 bits per heavy atom. The Labute approximate surface area is 188 Å². The van der Waals surface area contributed by atoms with Gasteiger partial charge in [0.05, 0.1) is 28.7 Å². The normalized spacial score (nSPS) is 14.8. The molecule has 0 spiro atoms. The Bertz CT molecular complexity index is 1480. The molecule has 0 bridgehead atoms. The number of likely N-dealkylation sites (tertiary alicyclic amines) is 1. The van der Waals surface area contributed by atoms with Crippen molar-refractivity contribution < 1.29 is 5.11 Å². The number of aliphatic hydroxyl groups is 1. The maximum Gasteiger partial charge on any atom is 0.329 e. The van der Waals surface area contributed by atoms with Gasteiger partial charge in [-0.1, -0.05) is 6.58 Å². The Balaban J connectivity index is 1.69. The lowest BCUT2D eigenvalue weighted by atomic mass is 10.0. The molecule has 0 aliphatic carbocycles. The van der Waals surface area contributed by atoms with E-state index in [0.29, 0.717) is 65.1 Å². The number of hydrogen-bond donors (Lipinski definition) is 2. The number of aromatic nitrogens is 6. The number of piperidine rings is 1. The molecule has 5 heterocycles. The smallest absolute Gasteiger partial charge is 0.329 e. The number of aryl methyl sites for hydroxylation is 1. The lowest BCUT2D eigenvalue weighted by Gasteiger charge is -2.35. The third kappa shape index (κ3) is 3.68. The van der Waals surface area contributed by atoms with Crippen molar-refractivity contribution in [3.8, 4) is 11.3 Å². The predicted octanol–water partition coefficient (Wildman–Crippen LogP) is 1.54. The lowest BCUT2D eigenvalue weighted by molar-refractivity contribution is 0.195. The fourth-order valence-corrected chi connectivity index (χ4v) is 4.36. The molecule has 0 unspecified atom stereocenters. The molecule has 0 amide bonds. The monoisotopic (exact) mass is 445 g/mol. The summed E-state index contributed by atoms with van der Waals surface area (Å²) in [4.78, 5) is 47.8. The first-order valence-corrected chi connectivity index (χ1v) is 10.7. The molecular formula is C23H23N7O3. The Morgan fingerprint density at radius 3 is 2.58 bits per heavy atom. The first kappa shape index (κ1) is 21.0. The van der Waals surface area contributed by atoms with Crippen LogP contribution in [-0.2, 0) is 0 Å². The average Bonchev–Trinajstić information content (AvgIpc) is 2.84. The van der Waals surface area contributed by atoms with Crippen LogP contribution in [0.25, 0.3) is 33.2 Å². The van der Waals surface area contributed by atoms with Gasteiger partial charge in [0.15, 0.2) is 0 Å². The number of nitrogens with one attached hydrogen (secondary N) is 1. The van der Waals surface area contributed by atoms with Crippen LogP contribution in [0.3, 0.4) is 0 Å². The minimum absolute atomic E-state index is 0.0993. The van der Waals surface area contributed by atoms with Crippen molar-refractivity contribution in [2.75, 3.05) is 19.7 Å². The summed E-state index contributed by atoms with van der Waals surface area (Å²) in [5.41, 5.74) is 2.61. The molecule has 1 fully saturated rings. The number of pyridine rings is 2. The maximum atomic E-state index is 13.0.